The van der Waals surface area contributed by atoms with E-state index in [0.29, 0.717) is 18.3 Å². The Hall–Kier alpha value is -2.10. The Morgan fingerprint density at radius 1 is 1.24 bits per heavy atom. The Bertz CT molecular complexity index is 702. The summed E-state index contributed by atoms with van der Waals surface area (Å²) in [4.78, 5) is 14.5. The number of rotatable bonds is 6. The van der Waals surface area contributed by atoms with Crippen molar-refractivity contribution in [3.63, 3.8) is 0 Å². The van der Waals surface area contributed by atoms with Crippen LogP contribution in [-0.4, -0.2) is 33.7 Å². The van der Waals surface area contributed by atoms with Gasteiger partial charge in [-0.25, -0.2) is 0 Å². The van der Waals surface area contributed by atoms with Gasteiger partial charge in [0, 0.05) is 38.4 Å². The predicted octanol–water partition coefficient (Wildman–Crippen LogP) is 3.57. The first-order chi connectivity index (χ1) is 12.0. The van der Waals surface area contributed by atoms with Crippen molar-refractivity contribution in [3.8, 4) is 0 Å². The molecule has 1 aromatic heterocycles. The number of carbonyl (C=O) groups is 1. The molecular formula is C21H29N3O. The molecule has 4 heteroatoms. The maximum Gasteiger partial charge on any atom is 0.222 e. The number of amides is 1. The van der Waals surface area contributed by atoms with Crippen LogP contribution in [0.5, 0.6) is 0 Å². The Balaban J connectivity index is 1.47. The van der Waals surface area contributed by atoms with Crippen molar-refractivity contribution < 1.29 is 4.79 Å². The highest BCUT2D eigenvalue weighted by Gasteiger charge is 2.26. The molecule has 0 radical (unpaired) electrons. The molecule has 2 aromatic rings. The Morgan fingerprint density at radius 3 is 2.64 bits per heavy atom. The van der Waals surface area contributed by atoms with Crippen LogP contribution in [0.1, 0.15) is 49.4 Å². The highest BCUT2D eigenvalue weighted by atomic mass is 16.2. The molecule has 0 N–H and O–H groups in total. The molecule has 1 saturated heterocycles. The van der Waals surface area contributed by atoms with Crippen molar-refractivity contribution in [1.29, 1.82) is 0 Å². The second-order valence-electron chi connectivity index (χ2n) is 7.54. The zero-order valence-corrected chi connectivity index (χ0v) is 15.6. The molecule has 25 heavy (non-hydrogen) atoms. The molecule has 1 atom stereocenters. The zero-order valence-electron chi connectivity index (χ0n) is 15.6. The summed E-state index contributed by atoms with van der Waals surface area (Å²) in [7, 11) is 1.93. The number of nitrogens with zero attached hydrogens (tertiary/aromatic N) is 3. The van der Waals surface area contributed by atoms with Crippen LogP contribution in [0.4, 0.5) is 0 Å². The summed E-state index contributed by atoms with van der Waals surface area (Å²) in [6, 6.07) is 11.0. The molecular weight excluding hydrogens is 310 g/mol. The second-order valence-corrected chi connectivity index (χ2v) is 7.54. The number of likely N-dealkylation sites (tertiary alicyclic amines) is 1. The van der Waals surface area contributed by atoms with Crippen molar-refractivity contribution in [2.75, 3.05) is 13.1 Å². The zero-order chi connectivity index (χ0) is 17.8. The molecule has 1 fully saturated rings. The predicted molar refractivity (Wildman–Crippen MR) is 100 cm³/mol. The monoisotopic (exact) mass is 339 g/mol. The Kier molecular flexibility index (Phi) is 5.57. The number of benzene rings is 1. The van der Waals surface area contributed by atoms with Gasteiger partial charge in [0.05, 0.1) is 0 Å². The van der Waals surface area contributed by atoms with E-state index >= 15 is 0 Å². The minimum atomic E-state index is 0.277. The van der Waals surface area contributed by atoms with Crippen LogP contribution in [0, 0.1) is 5.92 Å². The summed E-state index contributed by atoms with van der Waals surface area (Å²) < 4.78 is 1.85. The number of aryl methyl sites for hydroxylation is 2. The molecule has 1 aromatic carbocycles. The lowest BCUT2D eigenvalue weighted by atomic mass is 9.96. The molecule has 134 valence electrons. The van der Waals surface area contributed by atoms with Crippen molar-refractivity contribution >= 4 is 5.91 Å². The molecule has 1 aliphatic rings. The highest BCUT2D eigenvalue weighted by molar-refractivity contribution is 5.76. The summed E-state index contributed by atoms with van der Waals surface area (Å²) in [5.74, 6) is 1.44. The first-order valence-electron chi connectivity index (χ1n) is 9.36. The van der Waals surface area contributed by atoms with Crippen LogP contribution in [0.2, 0.25) is 0 Å². The van der Waals surface area contributed by atoms with Gasteiger partial charge in [-0.3, -0.25) is 9.48 Å². The van der Waals surface area contributed by atoms with Crippen molar-refractivity contribution in [2.45, 2.75) is 45.4 Å². The van der Waals surface area contributed by atoms with Gasteiger partial charge in [0.1, 0.15) is 0 Å². The number of hydrogen-bond donors (Lipinski definition) is 0. The smallest absolute Gasteiger partial charge is 0.222 e. The first-order valence-corrected chi connectivity index (χ1v) is 9.36. The van der Waals surface area contributed by atoms with Gasteiger partial charge in [-0.05, 0) is 48.3 Å². The normalized spacial score (nSPS) is 17.4. The van der Waals surface area contributed by atoms with E-state index in [0.717, 1.165) is 38.0 Å². The third-order valence-corrected chi connectivity index (χ3v) is 5.33. The van der Waals surface area contributed by atoms with Crippen LogP contribution >= 0.6 is 0 Å². The van der Waals surface area contributed by atoms with E-state index in [4.69, 9.17) is 0 Å². The lowest BCUT2D eigenvalue weighted by Gasteiger charge is -2.17. The standard InChI is InChI=1S/C21H29N3O/c1-16(2)19-6-4-17(5-7-19)14-18-11-13-24(15-18)21(25)9-8-20-10-12-22-23(20)3/h4-7,10,12,16,18H,8-9,11,13-15H2,1-3H3. The van der Waals surface area contributed by atoms with Gasteiger partial charge in [-0.15, -0.1) is 0 Å². The molecule has 0 aliphatic carbocycles. The fraction of sp³-hybridized carbons (Fsp3) is 0.524. The Labute approximate surface area is 150 Å². The molecule has 1 unspecified atom stereocenters. The molecule has 0 bridgehead atoms. The van der Waals surface area contributed by atoms with Gasteiger partial charge < -0.3 is 4.90 Å². The molecule has 0 spiro atoms. The number of carbonyl (C=O) groups excluding carboxylic acids is 1. The summed E-state index contributed by atoms with van der Waals surface area (Å²) in [6.45, 7) is 6.25. The van der Waals surface area contributed by atoms with Crippen LogP contribution in [-0.2, 0) is 24.7 Å². The van der Waals surface area contributed by atoms with Crippen molar-refractivity contribution in [3.05, 3.63) is 53.3 Å². The minimum Gasteiger partial charge on any atom is -0.342 e. The van der Waals surface area contributed by atoms with Crippen LogP contribution < -0.4 is 0 Å². The van der Waals surface area contributed by atoms with Gasteiger partial charge in [-0.2, -0.15) is 5.10 Å². The molecule has 1 amide bonds. The van der Waals surface area contributed by atoms with E-state index in [9.17, 15) is 4.79 Å². The summed E-state index contributed by atoms with van der Waals surface area (Å²) in [5, 5.41) is 4.16. The van der Waals surface area contributed by atoms with E-state index in [1.165, 1.54) is 11.1 Å². The molecule has 4 nitrogen and oxygen atoms in total. The van der Waals surface area contributed by atoms with Crippen molar-refractivity contribution in [1.82, 2.24) is 14.7 Å². The van der Waals surface area contributed by atoms with Crippen molar-refractivity contribution in [2.24, 2.45) is 13.0 Å². The van der Waals surface area contributed by atoms with Gasteiger partial charge in [0.25, 0.3) is 0 Å². The van der Waals surface area contributed by atoms with Gasteiger partial charge in [-0.1, -0.05) is 38.1 Å². The molecule has 2 heterocycles. The number of aromatic nitrogens is 2. The van der Waals surface area contributed by atoms with Gasteiger partial charge in [0.15, 0.2) is 0 Å². The second kappa shape index (κ2) is 7.85. The Morgan fingerprint density at radius 2 is 2.00 bits per heavy atom. The minimum absolute atomic E-state index is 0.277. The van der Waals surface area contributed by atoms with Gasteiger partial charge >= 0.3 is 0 Å². The van der Waals surface area contributed by atoms with Crippen LogP contribution in [0.15, 0.2) is 36.5 Å². The molecule has 0 saturated carbocycles. The average Bonchev–Trinajstić information content (AvgIpc) is 3.22. The summed E-state index contributed by atoms with van der Waals surface area (Å²) in [5.41, 5.74) is 3.90. The topological polar surface area (TPSA) is 38.1 Å². The fourth-order valence-corrected chi connectivity index (χ4v) is 3.64. The SMILES string of the molecule is CC(C)c1ccc(CC2CCN(C(=O)CCc3ccnn3C)C2)cc1. The average molecular weight is 339 g/mol. The number of hydrogen-bond acceptors (Lipinski definition) is 2. The summed E-state index contributed by atoms with van der Waals surface area (Å²) in [6.07, 6.45) is 5.33. The lowest BCUT2D eigenvalue weighted by Crippen LogP contribution is -2.29. The van der Waals surface area contributed by atoms with E-state index < -0.39 is 0 Å². The van der Waals surface area contributed by atoms with E-state index in [2.05, 4.69) is 43.2 Å². The summed E-state index contributed by atoms with van der Waals surface area (Å²) >= 11 is 0. The molecule has 3 rings (SSSR count). The third-order valence-electron chi connectivity index (χ3n) is 5.33. The van der Waals surface area contributed by atoms with Gasteiger partial charge in [0.2, 0.25) is 5.91 Å². The third kappa shape index (κ3) is 4.50. The van der Waals surface area contributed by atoms with E-state index in [1.807, 2.05) is 22.7 Å². The largest absolute Gasteiger partial charge is 0.342 e. The fourth-order valence-electron chi connectivity index (χ4n) is 3.64. The molecule has 1 aliphatic heterocycles. The highest BCUT2D eigenvalue weighted by Crippen LogP contribution is 2.23. The quantitative estimate of drug-likeness (QED) is 0.807. The maximum absolute atomic E-state index is 12.5. The van der Waals surface area contributed by atoms with Crippen LogP contribution in [0.25, 0.3) is 0 Å². The maximum atomic E-state index is 12.5. The van der Waals surface area contributed by atoms with E-state index in [1.54, 1.807) is 6.20 Å². The first kappa shape index (κ1) is 17.7. The van der Waals surface area contributed by atoms with E-state index in [-0.39, 0.29) is 5.91 Å². The van der Waals surface area contributed by atoms with Crippen LogP contribution in [0.3, 0.4) is 0 Å². The lowest BCUT2D eigenvalue weighted by molar-refractivity contribution is -0.130.